The van der Waals surface area contributed by atoms with Gasteiger partial charge in [0, 0.05) is 37.9 Å². The molecule has 0 radical (unpaired) electrons. The van der Waals surface area contributed by atoms with Crippen LogP contribution in [0.3, 0.4) is 0 Å². The van der Waals surface area contributed by atoms with E-state index in [1.165, 1.54) is 6.42 Å². The van der Waals surface area contributed by atoms with Crippen molar-refractivity contribution in [1.29, 1.82) is 0 Å². The molecule has 4 aliphatic rings. The molecule has 0 unspecified atom stereocenters. The Balaban J connectivity index is 1.37. The van der Waals surface area contributed by atoms with Gasteiger partial charge in [0.1, 0.15) is 0 Å². The van der Waals surface area contributed by atoms with Crippen molar-refractivity contribution in [3.8, 4) is 0 Å². The number of nitrogens with one attached hydrogen (secondary N) is 3. The number of nitrogens with zero attached hydrogens (tertiary/aromatic N) is 2. The minimum Gasteiger partial charge on any atom is -0.354 e. The standard InChI is InChI=1S/C19H27N5O2/c1-13(25)24-19-10-14-7-15(11-19)9-18(8-14,12-19)16(26)20-5-6-23-17-21-3-2-4-22-17/h2-4,14-15H,5-12H2,1H3,(H,20,26)(H,24,25)(H,21,22,23)/t14-,15-,18?,19?/m0/s1. The van der Waals surface area contributed by atoms with Crippen LogP contribution in [-0.2, 0) is 9.59 Å². The Morgan fingerprint density at radius 3 is 2.46 bits per heavy atom. The van der Waals surface area contributed by atoms with Crippen molar-refractivity contribution in [2.24, 2.45) is 17.3 Å². The second-order valence-electron chi connectivity index (χ2n) is 8.46. The summed E-state index contributed by atoms with van der Waals surface area (Å²) in [6, 6.07) is 1.77. The van der Waals surface area contributed by atoms with E-state index in [0.29, 0.717) is 30.9 Å². The number of hydrogen-bond donors (Lipinski definition) is 3. The first-order valence-electron chi connectivity index (χ1n) is 9.57. The van der Waals surface area contributed by atoms with Gasteiger partial charge in [-0.2, -0.15) is 0 Å². The van der Waals surface area contributed by atoms with E-state index in [1.807, 2.05) is 0 Å². The largest absolute Gasteiger partial charge is 0.354 e. The smallest absolute Gasteiger partial charge is 0.226 e. The zero-order chi connectivity index (χ0) is 18.2. The summed E-state index contributed by atoms with van der Waals surface area (Å²) in [6.45, 7) is 2.72. The van der Waals surface area contributed by atoms with Crippen molar-refractivity contribution >= 4 is 17.8 Å². The fraction of sp³-hybridized carbons (Fsp3) is 0.684. The molecule has 2 amide bonds. The second kappa shape index (κ2) is 6.52. The summed E-state index contributed by atoms with van der Waals surface area (Å²) in [5.41, 5.74) is -0.473. The maximum atomic E-state index is 13.1. The summed E-state index contributed by atoms with van der Waals surface area (Å²) in [4.78, 5) is 33.0. The van der Waals surface area contributed by atoms with Crippen LogP contribution in [0.4, 0.5) is 5.95 Å². The van der Waals surface area contributed by atoms with E-state index in [1.54, 1.807) is 25.4 Å². The molecule has 140 valence electrons. The lowest BCUT2D eigenvalue weighted by Crippen LogP contribution is -2.65. The van der Waals surface area contributed by atoms with Gasteiger partial charge in [-0.3, -0.25) is 9.59 Å². The number of rotatable bonds is 6. The fourth-order valence-electron chi connectivity index (χ4n) is 5.98. The van der Waals surface area contributed by atoms with Gasteiger partial charge in [-0.25, -0.2) is 9.97 Å². The molecule has 4 fully saturated rings. The van der Waals surface area contributed by atoms with Crippen molar-refractivity contribution in [3.05, 3.63) is 18.5 Å². The monoisotopic (exact) mass is 357 g/mol. The summed E-state index contributed by atoms with van der Waals surface area (Å²) >= 11 is 0. The highest BCUT2D eigenvalue weighted by molar-refractivity contribution is 5.84. The van der Waals surface area contributed by atoms with Gasteiger partial charge in [0.25, 0.3) is 0 Å². The lowest BCUT2D eigenvalue weighted by atomic mass is 9.46. The van der Waals surface area contributed by atoms with E-state index in [2.05, 4.69) is 25.9 Å². The van der Waals surface area contributed by atoms with Gasteiger partial charge in [-0.1, -0.05) is 0 Å². The molecule has 26 heavy (non-hydrogen) atoms. The second-order valence-corrected chi connectivity index (χ2v) is 8.46. The Hall–Kier alpha value is -2.18. The zero-order valence-electron chi connectivity index (χ0n) is 15.3. The van der Waals surface area contributed by atoms with E-state index < -0.39 is 0 Å². The highest BCUT2D eigenvalue weighted by atomic mass is 16.2. The van der Waals surface area contributed by atoms with Crippen LogP contribution in [0.2, 0.25) is 0 Å². The Bertz CT molecular complexity index is 678. The third-order valence-electron chi connectivity index (χ3n) is 6.24. The van der Waals surface area contributed by atoms with E-state index >= 15 is 0 Å². The fourth-order valence-corrected chi connectivity index (χ4v) is 5.98. The molecule has 0 aliphatic heterocycles. The molecular formula is C19H27N5O2. The molecule has 7 nitrogen and oxygen atoms in total. The van der Waals surface area contributed by atoms with Crippen LogP contribution in [0.1, 0.15) is 45.4 Å². The Labute approximate surface area is 153 Å². The lowest BCUT2D eigenvalue weighted by molar-refractivity contribution is -0.153. The molecule has 3 N–H and O–H groups in total. The first kappa shape index (κ1) is 17.2. The van der Waals surface area contributed by atoms with Crippen LogP contribution < -0.4 is 16.0 Å². The molecule has 1 heterocycles. The molecule has 7 heteroatoms. The maximum Gasteiger partial charge on any atom is 0.226 e. The maximum absolute atomic E-state index is 13.1. The molecule has 1 aromatic rings. The van der Waals surface area contributed by atoms with Crippen LogP contribution in [0.15, 0.2) is 18.5 Å². The van der Waals surface area contributed by atoms with Gasteiger partial charge in [0.05, 0.1) is 5.41 Å². The number of anilines is 1. The SMILES string of the molecule is CC(=O)NC12C[C@H]3C[C@H](C1)CC(C(=O)NCCNc1ncccn1)(C3)C2. The minimum atomic E-state index is -0.310. The Kier molecular flexibility index (Phi) is 4.32. The molecular weight excluding hydrogens is 330 g/mol. The lowest BCUT2D eigenvalue weighted by Gasteiger charge is -2.61. The summed E-state index contributed by atoms with van der Waals surface area (Å²) < 4.78 is 0. The van der Waals surface area contributed by atoms with E-state index in [0.717, 1.165) is 32.1 Å². The van der Waals surface area contributed by atoms with Crippen molar-refractivity contribution < 1.29 is 9.59 Å². The van der Waals surface area contributed by atoms with Crippen LogP contribution >= 0.6 is 0 Å². The number of hydrogen-bond acceptors (Lipinski definition) is 5. The summed E-state index contributed by atoms with van der Waals surface area (Å²) in [6.07, 6.45) is 9.36. The highest BCUT2D eigenvalue weighted by Gasteiger charge is 2.60. The van der Waals surface area contributed by atoms with E-state index in [9.17, 15) is 9.59 Å². The van der Waals surface area contributed by atoms with Crippen molar-refractivity contribution in [2.75, 3.05) is 18.4 Å². The van der Waals surface area contributed by atoms with Crippen molar-refractivity contribution in [1.82, 2.24) is 20.6 Å². The normalized spacial score (nSPS) is 34.3. The predicted molar refractivity (Wildman–Crippen MR) is 97.2 cm³/mol. The Morgan fingerprint density at radius 1 is 1.12 bits per heavy atom. The van der Waals surface area contributed by atoms with Crippen molar-refractivity contribution in [3.63, 3.8) is 0 Å². The van der Waals surface area contributed by atoms with Gasteiger partial charge in [0.15, 0.2) is 0 Å². The van der Waals surface area contributed by atoms with Crippen LogP contribution in [0.5, 0.6) is 0 Å². The van der Waals surface area contributed by atoms with E-state index in [4.69, 9.17) is 0 Å². The number of aromatic nitrogens is 2. The number of amides is 2. The molecule has 1 aromatic heterocycles. The number of carbonyl (C=O) groups is 2. The molecule has 0 saturated heterocycles. The van der Waals surface area contributed by atoms with Gasteiger partial charge < -0.3 is 16.0 Å². The third-order valence-corrected chi connectivity index (χ3v) is 6.24. The number of carbonyl (C=O) groups excluding carboxylic acids is 2. The highest BCUT2D eigenvalue weighted by Crippen LogP contribution is 2.61. The zero-order valence-corrected chi connectivity index (χ0v) is 15.3. The van der Waals surface area contributed by atoms with Crippen LogP contribution in [0, 0.1) is 17.3 Å². The quantitative estimate of drug-likeness (QED) is 0.670. The molecule has 4 saturated carbocycles. The molecule has 4 aliphatic carbocycles. The van der Waals surface area contributed by atoms with Gasteiger partial charge in [-0.05, 0) is 56.4 Å². The third kappa shape index (κ3) is 3.27. The topological polar surface area (TPSA) is 96.0 Å². The van der Waals surface area contributed by atoms with Gasteiger partial charge in [0.2, 0.25) is 17.8 Å². The van der Waals surface area contributed by atoms with Gasteiger partial charge >= 0.3 is 0 Å². The first-order chi connectivity index (χ1) is 12.5. The molecule has 4 bridgehead atoms. The minimum absolute atomic E-state index is 0.0227. The van der Waals surface area contributed by atoms with Gasteiger partial charge in [-0.15, -0.1) is 0 Å². The summed E-state index contributed by atoms with van der Waals surface area (Å²) in [5.74, 6) is 1.86. The van der Waals surface area contributed by atoms with E-state index in [-0.39, 0.29) is 22.8 Å². The molecule has 2 atom stereocenters. The molecule has 0 aromatic carbocycles. The van der Waals surface area contributed by atoms with Crippen LogP contribution in [-0.4, -0.2) is 40.4 Å². The first-order valence-corrected chi connectivity index (χ1v) is 9.57. The Morgan fingerprint density at radius 2 is 1.81 bits per heavy atom. The average molecular weight is 357 g/mol. The van der Waals surface area contributed by atoms with Crippen LogP contribution in [0.25, 0.3) is 0 Å². The van der Waals surface area contributed by atoms with Crippen molar-refractivity contribution in [2.45, 2.75) is 51.0 Å². The summed E-state index contributed by atoms with van der Waals surface area (Å²) in [5, 5.41) is 9.43. The summed E-state index contributed by atoms with van der Waals surface area (Å²) in [7, 11) is 0. The molecule has 5 rings (SSSR count). The average Bonchev–Trinajstić information content (AvgIpc) is 2.57. The molecule has 0 spiro atoms. The predicted octanol–water partition coefficient (Wildman–Crippen LogP) is 1.48.